The lowest BCUT2D eigenvalue weighted by Crippen LogP contribution is -1.92. The van der Waals surface area contributed by atoms with Gasteiger partial charge in [-0.05, 0) is 41.7 Å². The summed E-state index contributed by atoms with van der Waals surface area (Å²) in [6.45, 7) is 2.01. The summed E-state index contributed by atoms with van der Waals surface area (Å²) in [5.41, 5.74) is 7.03. The van der Waals surface area contributed by atoms with Gasteiger partial charge in [0.25, 0.3) is 0 Å². The van der Waals surface area contributed by atoms with Gasteiger partial charge in [-0.2, -0.15) is 5.10 Å². The third kappa shape index (κ3) is 1.42. The SMILES string of the molecule is Cc1nn(C)c2nc(-c3ccc4c5c(cccc35)CC4)[nH]c12. The van der Waals surface area contributed by atoms with Crippen molar-refractivity contribution >= 4 is 21.9 Å². The predicted molar refractivity (Wildman–Crippen MR) is 87.9 cm³/mol. The van der Waals surface area contributed by atoms with Crippen molar-refractivity contribution in [3.8, 4) is 11.4 Å². The van der Waals surface area contributed by atoms with E-state index < -0.39 is 0 Å². The van der Waals surface area contributed by atoms with Gasteiger partial charge in [0.15, 0.2) is 5.65 Å². The van der Waals surface area contributed by atoms with Crippen molar-refractivity contribution in [2.24, 2.45) is 7.05 Å². The molecule has 22 heavy (non-hydrogen) atoms. The maximum absolute atomic E-state index is 4.78. The quantitative estimate of drug-likeness (QED) is 0.582. The van der Waals surface area contributed by atoms with E-state index in [-0.39, 0.29) is 0 Å². The number of aromatic nitrogens is 4. The van der Waals surface area contributed by atoms with Gasteiger partial charge in [0.05, 0.1) is 5.69 Å². The van der Waals surface area contributed by atoms with Crippen molar-refractivity contribution < 1.29 is 0 Å². The molecule has 5 rings (SSSR count). The van der Waals surface area contributed by atoms with Crippen LogP contribution in [0.4, 0.5) is 0 Å². The van der Waals surface area contributed by atoms with E-state index in [1.54, 1.807) is 0 Å². The van der Waals surface area contributed by atoms with Crippen LogP contribution in [0.15, 0.2) is 30.3 Å². The van der Waals surface area contributed by atoms with Gasteiger partial charge in [-0.15, -0.1) is 0 Å². The smallest absolute Gasteiger partial charge is 0.176 e. The molecule has 4 aromatic rings. The number of nitrogens with zero attached hydrogens (tertiary/aromatic N) is 3. The molecule has 1 N–H and O–H groups in total. The highest BCUT2D eigenvalue weighted by molar-refractivity contribution is 6.01. The molecule has 1 aliphatic rings. The van der Waals surface area contributed by atoms with Gasteiger partial charge in [-0.3, -0.25) is 0 Å². The van der Waals surface area contributed by atoms with Crippen LogP contribution >= 0.6 is 0 Å². The highest BCUT2D eigenvalue weighted by Crippen LogP contribution is 2.36. The van der Waals surface area contributed by atoms with Gasteiger partial charge in [0, 0.05) is 12.6 Å². The number of aryl methyl sites for hydroxylation is 4. The third-order valence-corrected chi connectivity index (χ3v) is 4.79. The minimum absolute atomic E-state index is 0.913. The van der Waals surface area contributed by atoms with Gasteiger partial charge in [0.2, 0.25) is 0 Å². The van der Waals surface area contributed by atoms with Crippen LogP contribution in [0.2, 0.25) is 0 Å². The monoisotopic (exact) mass is 288 g/mol. The average Bonchev–Trinajstić information content (AvgIpc) is 3.19. The highest BCUT2D eigenvalue weighted by atomic mass is 15.3. The number of H-pyrrole nitrogens is 1. The van der Waals surface area contributed by atoms with Crippen molar-refractivity contribution in [3.05, 3.63) is 47.2 Å². The Morgan fingerprint density at radius 3 is 2.73 bits per heavy atom. The summed E-state index contributed by atoms with van der Waals surface area (Å²) in [6, 6.07) is 11.1. The van der Waals surface area contributed by atoms with Crippen LogP contribution in [-0.4, -0.2) is 19.7 Å². The molecule has 0 saturated heterocycles. The molecule has 0 unspecified atom stereocenters. The Morgan fingerprint density at radius 1 is 1.09 bits per heavy atom. The first-order valence-corrected chi connectivity index (χ1v) is 7.65. The molecule has 2 aromatic heterocycles. The molecule has 4 heteroatoms. The van der Waals surface area contributed by atoms with Crippen molar-refractivity contribution in [1.29, 1.82) is 0 Å². The zero-order valence-electron chi connectivity index (χ0n) is 12.6. The standard InChI is InChI=1S/C18H16N4/c1-10-16-18(22(2)21-10)20-17(19-16)14-9-8-12-7-6-11-4-3-5-13(14)15(11)12/h3-5,8-9H,6-7H2,1-2H3,(H,19,20). The summed E-state index contributed by atoms with van der Waals surface area (Å²) >= 11 is 0. The number of aromatic amines is 1. The first-order valence-electron chi connectivity index (χ1n) is 7.65. The molecule has 2 heterocycles. The minimum atomic E-state index is 0.913. The molecule has 0 fully saturated rings. The summed E-state index contributed by atoms with van der Waals surface area (Å²) < 4.78 is 1.84. The molecule has 0 spiro atoms. The minimum Gasteiger partial charge on any atom is -0.335 e. The van der Waals surface area contributed by atoms with Crippen LogP contribution in [0.3, 0.4) is 0 Å². The summed E-state index contributed by atoms with van der Waals surface area (Å²) in [7, 11) is 1.94. The first kappa shape index (κ1) is 12.0. The Bertz CT molecular complexity index is 1010. The Balaban J connectivity index is 1.84. The first-order chi connectivity index (χ1) is 10.7. The van der Waals surface area contributed by atoms with Gasteiger partial charge in [-0.25, -0.2) is 9.67 Å². The molecular weight excluding hydrogens is 272 g/mol. The largest absolute Gasteiger partial charge is 0.335 e. The zero-order valence-corrected chi connectivity index (χ0v) is 12.6. The van der Waals surface area contributed by atoms with Crippen molar-refractivity contribution in [2.75, 3.05) is 0 Å². The van der Waals surface area contributed by atoms with Crippen molar-refractivity contribution in [1.82, 2.24) is 19.7 Å². The predicted octanol–water partition coefficient (Wildman–Crippen LogP) is 3.52. The Labute approximate surface area is 127 Å². The molecule has 0 atom stereocenters. The molecule has 108 valence electrons. The van der Waals surface area contributed by atoms with E-state index in [1.807, 2.05) is 18.7 Å². The van der Waals surface area contributed by atoms with Crippen LogP contribution in [0.25, 0.3) is 33.3 Å². The Morgan fingerprint density at radius 2 is 1.91 bits per heavy atom. The number of imidazole rings is 1. The lowest BCUT2D eigenvalue weighted by molar-refractivity contribution is 0.773. The molecule has 0 radical (unpaired) electrons. The number of rotatable bonds is 1. The van der Waals surface area contributed by atoms with Crippen LogP contribution in [0, 0.1) is 6.92 Å². The zero-order chi connectivity index (χ0) is 14.8. The second kappa shape index (κ2) is 3.97. The molecule has 0 amide bonds. The second-order valence-electron chi connectivity index (χ2n) is 6.10. The van der Waals surface area contributed by atoms with Crippen LogP contribution in [0.5, 0.6) is 0 Å². The fourth-order valence-corrected chi connectivity index (χ4v) is 3.75. The van der Waals surface area contributed by atoms with Crippen molar-refractivity contribution in [2.45, 2.75) is 19.8 Å². The maximum atomic E-state index is 4.78. The van der Waals surface area contributed by atoms with E-state index in [9.17, 15) is 0 Å². The molecule has 4 nitrogen and oxygen atoms in total. The van der Waals surface area contributed by atoms with E-state index in [0.717, 1.165) is 35.5 Å². The lowest BCUT2D eigenvalue weighted by atomic mass is 10.00. The summed E-state index contributed by atoms with van der Waals surface area (Å²) in [6.07, 6.45) is 2.30. The van der Waals surface area contributed by atoms with E-state index in [1.165, 1.54) is 27.5 Å². The second-order valence-corrected chi connectivity index (χ2v) is 6.10. The molecule has 1 aliphatic carbocycles. The fourth-order valence-electron chi connectivity index (χ4n) is 3.75. The van der Waals surface area contributed by atoms with Crippen LogP contribution in [-0.2, 0) is 19.9 Å². The average molecular weight is 288 g/mol. The summed E-state index contributed by atoms with van der Waals surface area (Å²) in [5, 5.41) is 7.14. The Kier molecular flexibility index (Phi) is 2.16. The van der Waals surface area contributed by atoms with Crippen LogP contribution < -0.4 is 0 Å². The molecular formula is C18H16N4. The number of nitrogens with one attached hydrogen (secondary N) is 1. The number of hydrogen-bond acceptors (Lipinski definition) is 2. The van der Waals surface area contributed by atoms with E-state index in [4.69, 9.17) is 4.98 Å². The number of benzene rings is 2. The van der Waals surface area contributed by atoms with Crippen molar-refractivity contribution in [3.63, 3.8) is 0 Å². The summed E-state index contributed by atoms with van der Waals surface area (Å²) in [5.74, 6) is 0.932. The fraction of sp³-hybridized carbons (Fsp3) is 0.222. The highest BCUT2D eigenvalue weighted by Gasteiger charge is 2.19. The van der Waals surface area contributed by atoms with Crippen LogP contribution in [0.1, 0.15) is 16.8 Å². The number of hydrogen-bond donors (Lipinski definition) is 1. The molecule has 0 aliphatic heterocycles. The number of fused-ring (bicyclic) bond motifs is 1. The van der Waals surface area contributed by atoms with E-state index in [2.05, 4.69) is 40.4 Å². The Hall–Kier alpha value is -2.62. The normalized spacial score (nSPS) is 13.5. The van der Waals surface area contributed by atoms with Gasteiger partial charge in [-0.1, -0.05) is 30.3 Å². The topological polar surface area (TPSA) is 46.5 Å². The van der Waals surface area contributed by atoms with E-state index >= 15 is 0 Å². The van der Waals surface area contributed by atoms with Gasteiger partial charge < -0.3 is 4.98 Å². The lowest BCUT2D eigenvalue weighted by Gasteiger charge is -2.06. The maximum Gasteiger partial charge on any atom is 0.176 e. The van der Waals surface area contributed by atoms with Gasteiger partial charge >= 0.3 is 0 Å². The molecule has 0 bridgehead atoms. The third-order valence-electron chi connectivity index (χ3n) is 4.79. The van der Waals surface area contributed by atoms with E-state index in [0.29, 0.717) is 0 Å². The van der Waals surface area contributed by atoms with Gasteiger partial charge in [0.1, 0.15) is 11.3 Å². The molecule has 2 aromatic carbocycles. The summed E-state index contributed by atoms with van der Waals surface area (Å²) in [4.78, 5) is 8.24. The molecule has 0 saturated carbocycles.